The fraction of sp³-hybridized carbons (Fsp3) is 0.690. The van der Waals surface area contributed by atoms with Crippen LogP contribution in [0.1, 0.15) is 84.8 Å². The zero-order valence-corrected chi connectivity index (χ0v) is 23.0. The highest BCUT2D eigenvalue weighted by molar-refractivity contribution is 6.31. The summed E-state index contributed by atoms with van der Waals surface area (Å²) in [4.78, 5) is 24.1. The minimum atomic E-state index is -1.02. The molecular weight excluding hydrogens is 474 g/mol. The molecule has 6 atom stereocenters. The minimum absolute atomic E-state index is 0.00797. The summed E-state index contributed by atoms with van der Waals surface area (Å²) in [6.45, 7) is 8.52. The van der Waals surface area contributed by atoms with Crippen LogP contribution in [0.2, 0.25) is 5.02 Å². The number of amides is 1. The van der Waals surface area contributed by atoms with Gasteiger partial charge < -0.3 is 14.7 Å². The Labute approximate surface area is 220 Å². The van der Waals surface area contributed by atoms with Crippen LogP contribution in [-0.4, -0.2) is 50.7 Å². The number of halogens is 1. The zero-order chi connectivity index (χ0) is 25.8. The van der Waals surface area contributed by atoms with Gasteiger partial charge in [-0.2, -0.15) is 0 Å². The first-order chi connectivity index (χ1) is 17.3. The Hall–Kier alpha value is -1.92. The molecule has 2 fully saturated rings. The maximum atomic E-state index is 12.6. The van der Waals surface area contributed by atoms with Crippen LogP contribution in [0.3, 0.4) is 0 Å². The zero-order valence-electron chi connectivity index (χ0n) is 22.3. The van der Waals surface area contributed by atoms with Gasteiger partial charge in [-0.25, -0.2) is 9.97 Å². The summed E-state index contributed by atoms with van der Waals surface area (Å²) in [7, 11) is 0. The van der Waals surface area contributed by atoms with Crippen molar-refractivity contribution >= 4 is 28.5 Å². The van der Waals surface area contributed by atoms with Gasteiger partial charge in [-0.3, -0.25) is 4.79 Å². The second-order valence-electron chi connectivity index (χ2n) is 11.0. The van der Waals surface area contributed by atoms with E-state index in [1.807, 2.05) is 25.1 Å². The Morgan fingerprint density at radius 2 is 2.00 bits per heavy atom. The standard InChI is InChI=1S/C29H42ClN3O3/c1-5-23-19(3)33(29(35)20(4)34)17-27(23)36-28-25(31-24-15-14-22(30)16-26(24)32-28)13-8-6-7-11-21-12-9-10-18(21)2/h14-16,18-21,23,27,34H,5-13,17H2,1-4H3/t18?,19-,20+,21+,23+,27+/m1/s1. The van der Waals surface area contributed by atoms with Crippen LogP contribution in [0.15, 0.2) is 18.2 Å². The Morgan fingerprint density at radius 3 is 2.69 bits per heavy atom. The van der Waals surface area contributed by atoms with E-state index < -0.39 is 6.10 Å². The van der Waals surface area contributed by atoms with Crippen LogP contribution in [0.25, 0.3) is 11.0 Å². The van der Waals surface area contributed by atoms with E-state index in [0.29, 0.717) is 23.0 Å². The normalized spacial score (nSPS) is 27.1. The van der Waals surface area contributed by atoms with Crippen LogP contribution in [0.5, 0.6) is 5.88 Å². The maximum absolute atomic E-state index is 12.6. The molecule has 0 bridgehead atoms. The monoisotopic (exact) mass is 515 g/mol. The number of aryl methyl sites for hydroxylation is 1. The van der Waals surface area contributed by atoms with Gasteiger partial charge in [-0.15, -0.1) is 0 Å². The summed E-state index contributed by atoms with van der Waals surface area (Å²) in [6, 6.07) is 5.57. The topological polar surface area (TPSA) is 75.6 Å². The van der Waals surface area contributed by atoms with Crippen molar-refractivity contribution in [3.05, 3.63) is 28.9 Å². The van der Waals surface area contributed by atoms with Gasteiger partial charge in [0.1, 0.15) is 17.9 Å². The van der Waals surface area contributed by atoms with E-state index in [1.165, 1.54) is 45.4 Å². The van der Waals surface area contributed by atoms with E-state index in [1.54, 1.807) is 4.90 Å². The molecule has 1 aromatic heterocycles. The molecule has 2 aliphatic rings. The third-order valence-electron chi connectivity index (χ3n) is 8.53. The number of aromatic nitrogens is 2. The number of aliphatic hydroxyl groups excluding tert-OH is 1. The molecule has 0 spiro atoms. The fourth-order valence-corrected chi connectivity index (χ4v) is 6.44. The SMILES string of the molecule is CC[C@@H]1[C@@H](Oc2nc3cc(Cl)ccc3nc2CCCCC[C@H]2CCCC2C)CN(C(=O)[C@H](C)O)[C@@H]1C. The number of unbranched alkanes of at least 4 members (excludes halogenated alkanes) is 2. The lowest BCUT2D eigenvalue weighted by Gasteiger charge is -2.25. The molecule has 7 heteroatoms. The minimum Gasteiger partial charge on any atom is -0.471 e. The van der Waals surface area contributed by atoms with Gasteiger partial charge in [0.15, 0.2) is 0 Å². The number of fused-ring (bicyclic) bond motifs is 1. The first-order valence-electron chi connectivity index (χ1n) is 13.9. The Kier molecular flexibility index (Phi) is 9.10. The number of benzene rings is 1. The molecule has 4 rings (SSSR count). The Bertz CT molecular complexity index is 1050. The largest absolute Gasteiger partial charge is 0.471 e. The van der Waals surface area contributed by atoms with Crippen molar-refractivity contribution in [3.8, 4) is 5.88 Å². The summed E-state index contributed by atoms with van der Waals surface area (Å²) >= 11 is 6.24. The Morgan fingerprint density at radius 1 is 1.19 bits per heavy atom. The van der Waals surface area contributed by atoms with Gasteiger partial charge in [0.25, 0.3) is 5.91 Å². The maximum Gasteiger partial charge on any atom is 0.251 e. The molecule has 2 heterocycles. The van der Waals surface area contributed by atoms with E-state index in [9.17, 15) is 9.90 Å². The van der Waals surface area contributed by atoms with Crippen molar-refractivity contribution < 1.29 is 14.6 Å². The van der Waals surface area contributed by atoms with E-state index in [0.717, 1.165) is 42.3 Å². The van der Waals surface area contributed by atoms with Crippen LogP contribution in [-0.2, 0) is 11.2 Å². The van der Waals surface area contributed by atoms with Gasteiger partial charge in [-0.1, -0.05) is 64.0 Å². The van der Waals surface area contributed by atoms with Gasteiger partial charge in [0, 0.05) is 17.0 Å². The van der Waals surface area contributed by atoms with Crippen molar-refractivity contribution in [1.29, 1.82) is 0 Å². The Balaban J connectivity index is 1.48. The summed E-state index contributed by atoms with van der Waals surface area (Å²) in [6.07, 6.45) is 9.47. The van der Waals surface area contributed by atoms with Crippen molar-refractivity contribution in [3.63, 3.8) is 0 Å². The van der Waals surface area contributed by atoms with Gasteiger partial charge in [0.05, 0.1) is 17.6 Å². The molecule has 36 heavy (non-hydrogen) atoms. The molecule has 1 amide bonds. The van der Waals surface area contributed by atoms with Gasteiger partial charge in [0.2, 0.25) is 5.88 Å². The molecule has 198 valence electrons. The van der Waals surface area contributed by atoms with Gasteiger partial charge >= 0.3 is 0 Å². The lowest BCUT2D eigenvalue weighted by atomic mass is 9.92. The van der Waals surface area contributed by atoms with Crippen LogP contribution in [0.4, 0.5) is 0 Å². The molecular formula is C29H42ClN3O3. The number of carbonyl (C=O) groups is 1. The summed E-state index contributed by atoms with van der Waals surface area (Å²) in [5.74, 6) is 2.24. The quantitative estimate of drug-likeness (QED) is 0.381. The van der Waals surface area contributed by atoms with E-state index in [2.05, 4.69) is 13.8 Å². The first-order valence-corrected chi connectivity index (χ1v) is 14.3. The van der Waals surface area contributed by atoms with E-state index in [-0.39, 0.29) is 24.0 Å². The second-order valence-corrected chi connectivity index (χ2v) is 11.4. The van der Waals surface area contributed by atoms with E-state index >= 15 is 0 Å². The molecule has 1 unspecified atom stereocenters. The van der Waals surface area contributed by atoms with Gasteiger partial charge in [-0.05, 0) is 63.1 Å². The lowest BCUT2D eigenvalue weighted by Crippen LogP contribution is -2.41. The van der Waals surface area contributed by atoms with Crippen molar-refractivity contribution in [2.75, 3.05) is 6.54 Å². The highest BCUT2D eigenvalue weighted by atomic mass is 35.5. The molecule has 2 aromatic rings. The molecule has 1 N–H and O–H groups in total. The highest BCUT2D eigenvalue weighted by Crippen LogP contribution is 2.35. The number of rotatable bonds is 10. The molecule has 1 aromatic carbocycles. The van der Waals surface area contributed by atoms with Crippen LogP contribution >= 0.6 is 11.6 Å². The average molecular weight is 516 g/mol. The molecule has 1 aliphatic heterocycles. The number of hydrogen-bond acceptors (Lipinski definition) is 5. The smallest absolute Gasteiger partial charge is 0.251 e. The summed E-state index contributed by atoms with van der Waals surface area (Å²) in [5.41, 5.74) is 2.41. The summed E-state index contributed by atoms with van der Waals surface area (Å²) < 4.78 is 6.55. The van der Waals surface area contributed by atoms with Crippen molar-refractivity contribution in [1.82, 2.24) is 14.9 Å². The van der Waals surface area contributed by atoms with Crippen molar-refractivity contribution in [2.24, 2.45) is 17.8 Å². The predicted molar refractivity (Wildman–Crippen MR) is 144 cm³/mol. The van der Waals surface area contributed by atoms with Crippen molar-refractivity contribution in [2.45, 2.75) is 104 Å². The third-order valence-corrected chi connectivity index (χ3v) is 8.76. The van der Waals surface area contributed by atoms with Crippen LogP contribution in [0, 0.1) is 17.8 Å². The molecule has 1 saturated carbocycles. The van der Waals surface area contributed by atoms with E-state index in [4.69, 9.17) is 26.3 Å². The number of carbonyl (C=O) groups excluding carboxylic acids is 1. The number of likely N-dealkylation sites (tertiary alicyclic amines) is 1. The third kappa shape index (κ3) is 6.13. The lowest BCUT2D eigenvalue weighted by molar-refractivity contribution is -0.140. The number of aliphatic hydroxyl groups is 1. The highest BCUT2D eigenvalue weighted by Gasteiger charge is 2.43. The average Bonchev–Trinajstić information content (AvgIpc) is 3.40. The predicted octanol–water partition coefficient (Wildman–Crippen LogP) is 6.21. The number of hydrogen-bond donors (Lipinski definition) is 1. The molecule has 0 radical (unpaired) electrons. The fourth-order valence-electron chi connectivity index (χ4n) is 6.27. The summed E-state index contributed by atoms with van der Waals surface area (Å²) in [5, 5.41) is 10.5. The first kappa shape index (κ1) is 27.1. The molecule has 1 aliphatic carbocycles. The number of nitrogens with zero attached hydrogens (tertiary/aromatic N) is 3. The number of ether oxygens (including phenoxy) is 1. The molecule has 6 nitrogen and oxygen atoms in total. The second kappa shape index (κ2) is 12.1. The molecule has 1 saturated heterocycles. The van der Waals surface area contributed by atoms with Crippen LogP contribution < -0.4 is 4.74 Å².